The Bertz CT molecular complexity index is 440. The van der Waals surface area contributed by atoms with Crippen molar-refractivity contribution in [1.29, 1.82) is 0 Å². The number of alkyl halides is 6. The number of halogens is 6. The number of ether oxygens (including phenoxy) is 1. The minimum atomic E-state index is -4.68. The fraction of sp³-hybridized carbons (Fsp3) is 0.455. The Morgan fingerprint density at radius 2 is 1.68 bits per heavy atom. The van der Waals surface area contributed by atoms with Crippen LogP contribution in [0, 0.1) is 0 Å². The topological polar surface area (TPSA) is 35.2 Å². The van der Waals surface area contributed by atoms with Crippen LogP contribution in [0.15, 0.2) is 18.2 Å². The van der Waals surface area contributed by atoms with Gasteiger partial charge in [-0.15, -0.1) is 0 Å². The van der Waals surface area contributed by atoms with E-state index in [1.54, 1.807) is 0 Å². The number of nitrogens with two attached hydrogens (primary N) is 1. The van der Waals surface area contributed by atoms with Crippen LogP contribution in [-0.2, 0) is 6.18 Å². The van der Waals surface area contributed by atoms with E-state index in [1.807, 2.05) is 0 Å². The highest BCUT2D eigenvalue weighted by Crippen LogP contribution is 2.35. The van der Waals surface area contributed by atoms with Crippen molar-refractivity contribution < 1.29 is 31.1 Å². The molecule has 0 aliphatic heterocycles. The van der Waals surface area contributed by atoms with Crippen molar-refractivity contribution in [2.24, 2.45) is 5.73 Å². The third-order valence-electron chi connectivity index (χ3n) is 2.37. The molecule has 2 N–H and O–H groups in total. The molecule has 1 atom stereocenters. The first-order valence-electron chi connectivity index (χ1n) is 5.11. The van der Waals surface area contributed by atoms with Gasteiger partial charge in [-0.3, -0.25) is 0 Å². The maximum absolute atomic E-state index is 12.6. The maximum atomic E-state index is 12.6. The number of benzene rings is 1. The lowest BCUT2D eigenvalue weighted by atomic mass is 10.0. The molecule has 19 heavy (non-hydrogen) atoms. The van der Waals surface area contributed by atoms with Crippen LogP contribution in [0.4, 0.5) is 26.3 Å². The lowest BCUT2D eigenvalue weighted by molar-refractivity contribution is -0.138. The average Bonchev–Trinajstić information content (AvgIpc) is 2.25. The number of methoxy groups -OCH3 is 1. The molecule has 108 valence electrons. The summed E-state index contributed by atoms with van der Waals surface area (Å²) in [5.74, 6) is -0.192. The van der Waals surface area contributed by atoms with Crippen molar-refractivity contribution in [1.82, 2.24) is 0 Å². The molecule has 0 saturated carbocycles. The van der Waals surface area contributed by atoms with Crippen LogP contribution in [0.3, 0.4) is 0 Å². The Labute approximate surface area is 105 Å². The molecule has 0 spiro atoms. The smallest absolute Gasteiger partial charge is 0.416 e. The molecule has 1 aromatic rings. The van der Waals surface area contributed by atoms with Crippen LogP contribution in [0.25, 0.3) is 0 Å². The third-order valence-corrected chi connectivity index (χ3v) is 2.37. The Morgan fingerprint density at radius 1 is 1.11 bits per heavy atom. The van der Waals surface area contributed by atoms with Gasteiger partial charge in [0.05, 0.1) is 19.1 Å². The summed E-state index contributed by atoms with van der Waals surface area (Å²) < 4.78 is 78.9. The van der Waals surface area contributed by atoms with Crippen LogP contribution in [0.1, 0.15) is 23.6 Å². The molecule has 0 aromatic heterocycles. The standard InChI is InChI=1S/C11H11F6NO/c1-19-8-3-6(9(18)5-10(12,13)14)2-7(4-8)11(15,16)17/h2-4,9H,5,18H2,1H3/t9-/m1/s1. The zero-order valence-corrected chi connectivity index (χ0v) is 9.77. The van der Waals surface area contributed by atoms with Crippen LogP contribution >= 0.6 is 0 Å². The summed E-state index contributed by atoms with van der Waals surface area (Å²) in [6.45, 7) is 0. The predicted molar refractivity (Wildman–Crippen MR) is 55.6 cm³/mol. The summed E-state index contributed by atoms with van der Waals surface area (Å²) in [5.41, 5.74) is 3.90. The van der Waals surface area contributed by atoms with Crippen molar-refractivity contribution in [3.05, 3.63) is 29.3 Å². The van der Waals surface area contributed by atoms with E-state index in [4.69, 9.17) is 5.73 Å². The third kappa shape index (κ3) is 4.62. The Kier molecular flexibility index (Phi) is 4.34. The average molecular weight is 287 g/mol. The summed E-state index contributed by atoms with van der Waals surface area (Å²) >= 11 is 0. The van der Waals surface area contributed by atoms with E-state index in [-0.39, 0.29) is 11.3 Å². The number of hydrogen-bond donors (Lipinski definition) is 1. The molecular weight excluding hydrogens is 276 g/mol. The highest BCUT2D eigenvalue weighted by molar-refractivity contribution is 5.37. The first-order chi connectivity index (χ1) is 8.53. The van der Waals surface area contributed by atoms with Gasteiger partial charge in [-0.1, -0.05) is 0 Å². The minimum absolute atomic E-state index is 0.192. The van der Waals surface area contributed by atoms with Gasteiger partial charge in [0.2, 0.25) is 0 Å². The summed E-state index contributed by atoms with van der Waals surface area (Å²) in [4.78, 5) is 0. The van der Waals surface area contributed by atoms with E-state index < -0.39 is 30.4 Å². The summed E-state index contributed by atoms with van der Waals surface area (Å²) in [6.07, 6.45) is -10.6. The molecule has 0 bridgehead atoms. The minimum Gasteiger partial charge on any atom is -0.497 e. The van der Waals surface area contributed by atoms with Crippen LogP contribution in [0.5, 0.6) is 5.75 Å². The number of hydrogen-bond acceptors (Lipinski definition) is 2. The van der Waals surface area contributed by atoms with Gasteiger partial charge in [0.25, 0.3) is 0 Å². The molecule has 0 aliphatic rings. The van der Waals surface area contributed by atoms with E-state index in [0.29, 0.717) is 12.1 Å². The maximum Gasteiger partial charge on any atom is 0.416 e. The largest absolute Gasteiger partial charge is 0.497 e. The fourth-order valence-corrected chi connectivity index (χ4v) is 1.48. The Balaban J connectivity index is 3.13. The van der Waals surface area contributed by atoms with Gasteiger partial charge in [0.15, 0.2) is 0 Å². The normalized spacial score (nSPS) is 14.3. The van der Waals surface area contributed by atoms with Crippen molar-refractivity contribution in [3.8, 4) is 5.75 Å². The van der Waals surface area contributed by atoms with Crippen LogP contribution < -0.4 is 10.5 Å². The molecule has 0 saturated heterocycles. The molecule has 0 aliphatic carbocycles. The zero-order valence-electron chi connectivity index (χ0n) is 9.77. The summed E-state index contributed by atoms with van der Waals surface area (Å²) in [5, 5.41) is 0. The molecule has 1 rings (SSSR count). The number of rotatable bonds is 3. The molecule has 8 heteroatoms. The molecular formula is C11H11F6NO. The van der Waals surface area contributed by atoms with Gasteiger partial charge >= 0.3 is 12.4 Å². The molecule has 0 radical (unpaired) electrons. The first kappa shape index (κ1) is 15.6. The lowest BCUT2D eigenvalue weighted by Crippen LogP contribution is -2.21. The molecule has 0 fully saturated rings. The van der Waals surface area contributed by atoms with Gasteiger partial charge in [0.1, 0.15) is 5.75 Å². The predicted octanol–water partition coefficient (Wildman–Crippen LogP) is 3.67. The first-order valence-corrected chi connectivity index (χ1v) is 5.11. The second kappa shape index (κ2) is 5.28. The van der Waals surface area contributed by atoms with Crippen molar-refractivity contribution >= 4 is 0 Å². The summed E-state index contributed by atoms with van der Waals surface area (Å²) in [7, 11) is 1.12. The highest BCUT2D eigenvalue weighted by atomic mass is 19.4. The molecule has 1 aromatic carbocycles. The second-order valence-electron chi connectivity index (χ2n) is 3.92. The van der Waals surface area contributed by atoms with Gasteiger partial charge in [0, 0.05) is 6.04 Å². The van der Waals surface area contributed by atoms with E-state index in [1.165, 1.54) is 0 Å². The van der Waals surface area contributed by atoms with Crippen LogP contribution in [-0.4, -0.2) is 13.3 Å². The SMILES string of the molecule is COc1cc([C@H](N)CC(F)(F)F)cc(C(F)(F)F)c1. The monoisotopic (exact) mass is 287 g/mol. The van der Waals surface area contributed by atoms with Crippen molar-refractivity contribution in [3.63, 3.8) is 0 Å². The van der Waals surface area contributed by atoms with Crippen molar-refractivity contribution in [2.75, 3.05) is 7.11 Å². The van der Waals surface area contributed by atoms with Crippen LogP contribution in [0.2, 0.25) is 0 Å². The van der Waals surface area contributed by atoms with Gasteiger partial charge in [-0.25, -0.2) is 0 Å². The molecule has 0 amide bonds. The lowest BCUT2D eigenvalue weighted by Gasteiger charge is -2.17. The Hall–Kier alpha value is -1.44. The van der Waals surface area contributed by atoms with Crippen molar-refractivity contribution in [2.45, 2.75) is 24.8 Å². The second-order valence-corrected chi connectivity index (χ2v) is 3.92. The zero-order chi connectivity index (χ0) is 14.8. The molecule has 0 unspecified atom stereocenters. The molecule has 0 heterocycles. The van der Waals surface area contributed by atoms with E-state index in [2.05, 4.69) is 4.74 Å². The highest BCUT2D eigenvalue weighted by Gasteiger charge is 2.34. The van der Waals surface area contributed by atoms with Gasteiger partial charge in [-0.05, 0) is 23.8 Å². The summed E-state index contributed by atoms with van der Waals surface area (Å²) in [6, 6.07) is 0.783. The van der Waals surface area contributed by atoms with Gasteiger partial charge < -0.3 is 10.5 Å². The van der Waals surface area contributed by atoms with E-state index in [9.17, 15) is 26.3 Å². The van der Waals surface area contributed by atoms with E-state index >= 15 is 0 Å². The Morgan fingerprint density at radius 3 is 2.11 bits per heavy atom. The van der Waals surface area contributed by atoms with Gasteiger partial charge in [-0.2, -0.15) is 26.3 Å². The molecule has 2 nitrogen and oxygen atoms in total. The quantitative estimate of drug-likeness (QED) is 0.861. The van der Waals surface area contributed by atoms with E-state index in [0.717, 1.165) is 13.2 Å². The fourth-order valence-electron chi connectivity index (χ4n) is 1.48.